The van der Waals surface area contributed by atoms with Crippen LogP contribution < -0.4 is 10.6 Å². The summed E-state index contributed by atoms with van der Waals surface area (Å²) < 4.78 is 0. The number of nitrogens with zero attached hydrogens (tertiary/aromatic N) is 2. The van der Waals surface area contributed by atoms with E-state index in [1.54, 1.807) is 4.90 Å². The van der Waals surface area contributed by atoms with Crippen LogP contribution in [0.3, 0.4) is 0 Å². The van der Waals surface area contributed by atoms with Crippen LogP contribution in [0.1, 0.15) is 68.1 Å². The van der Waals surface area contributed by atoms with Gasteiger partial charge < -0.3 is 15.5 Å². The van der Waals surface area contributed by atoms with Gasteiger partial charge in [-0.05, 0) is 31.2 Å². The molecule has 1 atom stereocenters. The van der Waals surface area contributed by atoms with Gasteiger partial charge in [-0.3, -0.25) is 9.89 Å². The predicted molar refractivity (Wildman–Crippen MR) is 90.9 cm³/mol. The van der Waals surface area contributed by atoms with E-state index in [0.29, 0.717) is 30.7 Å². The summed E-state index contributed by atoms with van der Waals surface area (Å²) in [5.74, 6) is 0.241. The molecule has 3 amide bonds. The van der Waals surface area contributed by atoms with E-state index < -0.39 is 0 Å². The maximum absolute atomic E-state index is 12.5. The number of aromatic amines is 1. The van der Waals surface area contributed by atoms with Crippen molar-refractivity contribution < 1.29 is 9.59 Å². The summed E-state index contributed by atoms with van der Waals surface area (Å²) in [6, 6.07) is 2.03. The highest BCUT2D eigenvalue weighted by molar-refractivity contribution is 5.92. The van der Waals surface area contributed by atoms with E-state index in [0.717, 1.165) is 25.0 Å². The monoisotopic (exact) mass is 333 g/mol. The van der Waals surface area contributed by atoms with Crippen LogP contribution in [0.15, 0.2) is 6.07 Å². The Labute approximate surface area is 142 Å². The van der Waals surface area contributed by atoms with Crippen molar-refractivity contribution in [2.24, 2.45) is 0 Å². The molecule has 1 aromatic heterocycles. The number of urea groups is 1. The number of H-pyrrole nitrogens is 1. The highest BCUT2D eigenvalue weighted by Gasteiger charge is 2.29. The van der Waals surface area contributed by atoms with Crippen LogP contribution in [0.25, 0.3) is 0 Å². The summed E-state index contributed by atoms with van der Waals surface area (Å²) in [6.07, 6.45) is 5.31. The molecule has 2 heterocycles. The second-order valence-electron chi connectivity index (χ2n) is 7.20. The SMILES string of the molecule is CC(C)c1cc(C(=O)N2CC[C@@H](NC(=O)NC3CCCC3)C2)n[nH]1. The number of hydrogen-bond donors (Lipinski definition) is 3. The highest BCUT2D eigenvalue weighted by atomic mass is 16.2. The van der Waals surface area contributed by atoms with Crippen molar-refractivity contribution in [2.45, 2.75) is 64.0 Å². The quantitative estimate of drug-likeness (QED) is 0.787. The molecule has 1 aliphatic heterocycles. The van der Waals surface area contributed by atoms with Gasteiger partial charge in [-0.1, -0.05) is 26.7 Å². The number of hydrogen-bond acceptors (Lipinski definition) is 3. The van der Waals surface area contributed by atoms with Crippen molar-refractivity contribution in [1.82, 2.24) is 25.7 Å². The normalized spacial score (nSPS) is 21.5. The summed E-state index contributed by atoms with van der Waals surface area (Å²) in [4.78, 5) is 26.3. The van der Waals surface area contributed by atoms with Gasteiger partial charge in [0.1, 0.15) is 5.69 Å². The van der Waals surface area contributed by atoms with E-state index in [9.17, 15) is 9.59 Å². The van der Waals surface area contributed by atoms with Crippen molar-refractivity contribution in [3.05, 3.63) is 17.5 Å². The third-order valence-electron chi connectivity index (χ3n) is 4.94. The first-order valence-electron chi connectivity index (χ1n) is 8.94. The zero-order chi connectivity index (χ0) is 17.1. The van der Waals surface area contributed by atoms with E-state index >= 15 is 0 Å². The fourth-order valence-corrected chi connectivity index (χ4v) is 3.45. The molecule has 2 fully saturated rings. The average molecular weight is 333 g/mol. The fourth-order valence-electron chi connectivity index (χ4n) is 3.45. The lowest BCUT2D eigenvalue weighted by Gasteiger charge is -2.18. The molecule has 24 heavy (non-hydrogen) atoms. The van der Waals surface area contributed by atoms with Gasteiger partial charge in [-0.15, -0.1) is 0 Å². The topological polar surface area (TPSA) is 90.1 Å². The number of carbonyl (C=O) groups is 2. The maximum atomic E-state index is 12.5. The smallest absolute Gasteiger partial charge is 0.315 e. The minimum atomic E-state index is -0.108. The van der Waals surface area contributed by atoms with Gasteiger partial charge in [0, 0.05) is 30.9 Å². The largest absolute Gasteiger partial charge is 0.335 e. The van der Waals surface area contributed by atoms with Gasteiger partial charge in [-0.25, -0.2) is 4.79 Å². The molecule has 2 aliphatic rings. The van der Waals surface area contributed by atoms with Crippen LogP contribution in [-0.2, 0) is 0 Å². The van der Waals surface area contributed by atoms with Gasteiger partial charge in [-0.2, -0.15) is 5.10 Å². The molecule has 0 bridgehead atoms. The molecular weight excluding hydrogens is 306 g/mol. The van der Waals surface area contributed by atoms with Gasteiger partial charge >= 0.3 is 6.03 Å². The molecule has 132 valence electrons. The van der Waals surface area contributed by atoms with Gasteiger partial charge in [0.05, 0.1) is 0 Å². The molecule has 0 unspecified atom stereocenters. The minimum Gasteiger partial charge on any atom is -0.335 e. The molecule has 0 radical (unpaired) electrons. The second-order valence-corrected chi connectivity index (χ2v) is 7.20. The summed E-state index contributed by atoms with van der Waals surface area (Å²) in [5, 5.41) is 13.1. The molecule has 1 aliphatic carbocycles. The fraction of sp³-hybridized carbons (Fsp3) is 0.706. The summed E-state index contributed by atoms with van der Waals surface area (Å²) >= 11 is 0. The first-order chi connectivity index (χ1) is 11.5. The number of nitrogens with one attached hydrogen (secondary N) is 3. The Morgan fingerprint density at radius 3 is 2.58 bits per heavy atom. The van der Waals surface area contributed by atoms with Crippen molar-refractivity contribution >= 4 is 11.9 Å². The maximum Gasteiger partial charge on any atom is 0.315 e. The van der Waals surface area contributed by atoms with Crippen LogP contribution in [-0.4, -0.2) is 52.2 Å². The number of aromatic nitrogens is 2. The van der Waals surface area contributed by atoms with Crippen LogP contribution in [0.4, 0.5) is 4.79 Å². The van der Waals surface area contributed by atoms with E-state index in [1.165, 1.54) is 12.8 Å². The lowest BCUT2D eigenvalue weighted by molar-refractivity contribution is 0.0783. The lowest BCUT2D eigenvalue weighted by atomic mass is 10.1. The third-order valence-corrected chi connectivity index (χ3v) is 4.94. The zero-order valence-corrected chi connectivity index (χ0v) is 14.5. The van der Waals surface area contributed by atoms with E-state index in [-0.39, 0.29) is 18.0 Å². The molecule has 0 spiro atoms. The predicted octanol–water partition coefficient (Wildman–Crippen LogP) is 1.99. The molecular formula is C17H27N5O2. The Kier molecular flexibility index (Phi) is 5.06. The summed E-state index contributed by atoms with van der Waals surface area (Å²) in [5.41, 5.74) is 1.41. The number of amides is 3. The van der Waals surface area contributed by atoms with Gasteiger partial charge in [0.15, 0.2) is 0 Å². The summed E-state index contributed by atoms with van der Waals surface area (Å²) in [7, 11) is 0. The zero-order valence-electron chi connectivity index (χ0n) is 14.5. The number of carbonyl (C=O) groups excluding carboxylic acids is 2. The lowest BCUT2D eigenvalue weighted by Crippen LogP contribution is -2.46. The van der Waals surface area contributed by atoms with E-state index in [4.69, 9.17) is 0 Å². The minimum absolute atomic E-state index is 0.0128. The van der Waals surface area contributed by atoms with Crippen LogP contribution in [0.2, 0.25) is 0 Å². The number of likely N-dealkylation sites (tertiary alicyclic amines) is 1. The molecule has 7 nitrogen and oxygen atoms in total. The van der Waals surface area contributed by atoms with E-state index in [2.05, 4.69) is 34.7 Å². The van der Waals surface area contributed by atoms with Crippen molar-refractivity contribution in [2.75, 3.05) is 13.1 Å². The Balaban J connectivity index is 1.48. The van der Waals surface area contributed by atoms with Gasteiger partial charge in [0.25, 0.3) is 5.91 Å². The Morgan fingerprint density at radius 1 is 1.21 bits per heavy atom. The molecule has 1 saturated heterocycles. The molecule has 1 saturated carbocycles. The Morgan fingerprint density at radius 2 is 1.92 bits per heavy atom. The molecule has 7 heteroatoms. The highest BCUT2D eigenvalue weighted by Crippen LogP contribution is 2.18. The summed E-state index contributed by atoms with van der Waals surface area (Å²) in [6.45, 7) is 5.30. The van der Waals surface area contributed by atoms with Crippen LogP contribution >= 0.6 is 0 Å². The van der Waals surface area contributed by atoms with Crippen molar-refractivity contribution in [3.8, 4) is 0 Å². The van der Waals surface area contributed by atoms with Crippen LogP contribution in [0.5, 0.6) is 0 Å². The second kappa shape index (κ2) is 7.23. The average Bonchev–Trinajstić information content (AvgIpc) is 3.27. The van der Waals surface area contributed by atoms with Crippen molar-refractivity contribution in [1.29, 1.82) is 0 Å². The molecule has 3 rings (SSSR count). The molecule has 1 aromatic rings. The number of rotatable bonds is 4. The Bertz CT molecular complexity index is 592. The third kappa shape index (κ3) is 3.88. The first-order valence-corrected chi connectivity index (χ1v) is 8.94. The van der Waals surface area contributed by atoms with E-state index in [1.807, 2.05) is 6.07 Å². The molecule has 3 N–H and O–H groups in total. The standard InChI is InChI=1S/C17H27N5O2/c1-11(2)14-9-15(21-20-14)16(23)22-8-7-13(10-22)19-17(24)18-12-5-3-4-6-12/h9,11-13H,3-8,10H2,1-2H3,(H,20,21)(H2,18,19,24)/t13-/m1/s1. The Hall–Kier alpha value is -2.05. The molecule has 0 aromatic carbocycles. The van der Waals surface area contributed by atoms with Crippen LogP contribution in [0, 0.1) is 0 Å². The van der Waals surface area contributed by atoms with Gasteiger partial charge in [0.2, 0.25) is 0 Å². The first kappa shape index (κ1) is 16.8. The van der Waals surface area contributed by atoms with Crippen molar-refractivity contribution in [3.63, 3.8) is 0 Å².